The van der Waals surface area contributed by atoms with Crippen LogP contribution in [0.4, 0.5) is 0 Å². The lowest BCUT2D eigenvalue weighted by Crippen LogP contribution is -2.16. The molecule has 4 heteroatoms. The lowest BCUT2D eigenvalue weighted by Gasteiger charge is -2.21. The third-order valence-corrected chi connectivity index (χ3v) is 7.81. The molecule has 0 aromatic heterocycles. The number of fused-ring (bicyclic) bond motifs is 4. The van der Waals surface area contributed by atoms with Crippen LogP contribution in [-0.2, 0) is 16.3 Å². The third-order valence-electron chi connectivity index (χ3n) is 5.92. The van der Waals surface area contributed by atoms with Gasteiger partial charge in [-0.3, -0.25) is 0 Å². The van der Waals surface area contributed by atoms with E-state index in [0.29, 0.717) is 22.8 Å². The van der Waals surface area contributed by atoms with E-state index in [0.717, 1.165) is 28.9 Å². The summed E-state index contributed by atoms with van der Waals surface area (Å²) in [4.78, 5) is 0.848. The smallest absolute Gasteiger partial charge is 0.202 e. The predicted molar refractivity (Wildman–Crippen MR) is 116 cm³/mol. The van der Waals surface area contributed by atoms with Crippen molar-refractivity contribution in [1.29, 1.82) is 0 Å². The molecule has 0 saturated carbocycles. The van der Waals surface area contributed by atoms with Crippen LogP contribution in [0.25, 0.3) is 10.8 Å². The van der Waals surface area contributed by atoms with Crippen LogP contribution in [0.2, 0.25) is 0 Å². The average Bonchev–Trinajstić information content (AvgIpc) is 2.93. The summed E-state index contributed by atoms with van der Waals surface area (Å²) in [6.45, 7) is 2.46. The van der Waals surface area contributed by atoms with Crippen molar-refractivity contribution in [3.63, 3.8) is 0 Å². The predicted octanol–water partition coefficient (Wildman–Crippen LogP) is 5.39. The van der Waals surface area contributed by atoms with Crippen LogP contribution in [0.1, 0.15) is 17.5 Å². The fraction of sp³-hybridized carbons (Fsp3) is 0.200. The molecule has 0 fully saturated rings. The van der Waals surface area contributed by atoms with Gasteiger partial charge in [-0.1, -0.05) is 60.2 Å². The molecule has 1 aliphatic heterocycles. The lowest BCUT2D eigenvalue weighted by molar-refractivity contribution is 0.349. The molecule has 1 heterocycles. The molecule has 0 bridgehead atoms. The van der Waals surface area contributed by atoms with Crippen molar-refractivity contribution < 1.29 is 13.2 Å². The lowest BCUT2D eigenvalue weighted by atomic mass is 9.87. The van der Waals surface area contributed by atoms with Crippen molar-refractivity contribution in [2.45, 2.75) is 24.7 Å². The maximum absolute atomic E-state index is 13.2. The Morgan fingerprint density at radius 1 is 0.966 bits per heavy atom. The fourth-order valence-electron chi connectivity index (χ4n) is 4.25. The van der Waals surface area contributed by atoms with Gasteiger partial charge in [0, 0.05) is 22.8 Å². The highest BCUT2D eigenvalue weighted by atomic mass is 32.2. The third kappa shape index (κ3) is 3.18. The number of ether oxygens (including phenoxy) is 1. The van der Waals surface area contributed by atoms with Crippen LogP contribution >= 0.6 is 0 Å². The first-order valence-electron chi connectivity index (χ1n) is 9.87. The van der Waals surface area contributed by atoms with Crippen molar-refractivity contribution >= 4 is 20.6 Å². The van der Waals surface area contributed by atoms with Gasteiger partial charge in [-0.2, -0.15) is 0 Å². The highest BCUT2D eigenvalue weighted by Gasteiger charge is 2.29. The highest BCUT2D eigenvalue weighted by molar-refractivity contribution is 7.95. The van der Waals surface area contributed by atoms with Gasteiger partial charge < -0.3 is 4.74 Å². The zero-order valence-corrected chi connectivity index (χ0v) is 17.1. The summed E-state index contributed by atoms with van der Waals surface area (Å²) in [7, 11) is -3.49. The van der Waals surface area contributed by atoms with E-state index in [1.165, 1.54) is 10.8 Å². The van der Waals surface area contributed by atoms with Gasteiger partial charge in [-0.05, 0) is 47.9 Å². The molecule has 0 amide bonds. The minimum Gasteiger partial charge on any atom is -0.489 e. The van der Waals surface area contributed by atoms with E-state index in [1.54, 1.807) is 12.1 Å². The van der Waals surface area contributed by atoms with Crippen molar-refractivity contribution in [1.82, 2.24) is 0 Å². The summed E-state index contributed by atoms with van der Waals surface area (Å²) in [5.41, 5.74) is 3.36. The number of sulfone groups is 1. The molecule has 0 N–H and O–H groups in total. The number of hydrogen-bond donors (Lipinski definition) is 0. The van der Waals surface area contributed by atoms with Crippen LogP contribution in [-0.4, -0.2) is 15.0 Å². The zero-order chi connectivity index (χ0) is 20.0. The summed E-state index contributed by atoms with van der Waals surface area (Å²) in [6, 6.07) is 19.5. The summed E-state index contributed by atoms with van der Waals surface area (Å²) < 4.78 is 32.5. The Balaban J connectivity index is 1.55. The van der Waals surface area contributed by atoms with E-state index < -0.39 is 9.84 Å². The van der Waals surface area contributed by atoms with Crippen molar-refractivity contribution in [3.05, 3.63) is 94.4 Å². The molecule has 1 unspecified atom stereocenters. The second-order valence-electron chi connectivity index (χ2n) is 7.80. The molecule has 2 aliphatic rings. The SMILES string of the molecule is Cc1ccc(S(=O)(=O)C2=CC3Cc4c(ccc5ccccc45)OCC3=CC2)cc1. The molecule has 0 radical (unpaired) electrons. The second-order valence-corrected chi connectivity index (χ2v) is 9.80. The first kappa shape index (κ1) is 18.2. The second kappa shape index (κ2) is 6.89. The molecule has 146 valence electrons. The molecule has 1 atom stereocenters. The summed E-state index contributed by atoms with van der Waals surface area (Å²) >= 11 is 0. The quantitative estimate of drug-likeness (QED) is 0.540. The Morgan fingerprint density at radius 3 is 2.59 bits per heavy atom. The number of hydrogen-bond acceptors (Lipinski definition) is 3. The van der Waals surface area contributed by atoms with Crippen LogP contribution < -0.4 is 4.74 Å². The Labute approximate surface area is 171 Å². The van der Waals surface area contributed by atoms with Crippen molar-refractivity contribution in [3.8, 4) is 5.75 Å². The van der Waals surface area contributed by atoms with Crippen LogP contribution in [0.15, 0.2) is 88.2 Å². The van der Waals surface area contributed by atoms with Crippen LogP contribution in [0.5, 0.6) is 5.75 Å². The molecule has 3 nitrogen and oxygen atoms in total. The molecular formula is C25H22O3S. The first-order valence-corrected chi connectivity index (χ1v) is 11.4. The minimum atomic E-state index is -3.49. The van der Waals surface area contributed by atoms with Gasteiger partial charge in [0.1, 0.15) is 12.4 Å². The minimum absolute atomic E-state index is 0.0334. The number of rotatable bonds is 2. The Kier molecular flexibility index (Phi) is 4.32. The van der Waals surface area contributed by atoms with Crippen molar-refractivity contribution in [2.75, 3.05) is 6.61 Å². The van der Waals surface area contributed by atoms with E-state index >= 15 is 0 Å². The van der Waals surface area contributed by atoms with Gasteiger partial charge in [0.2, 0.25) is 9.84 Å². The summed E-state index contributed by atoms with van der Waals surface area (Å²) in [5, 5.41) is 2.35. The molecule has 1 aliphatic carbocycles. The molecule has 3 aromatic carbocycles. The summed E-state index contributed by atoms with van der Waals surface area (Å²) in [6.07, 6.45) is 5.16. The monoisotopic (exact) mass is 402 g/mol. The summed E-state index contributed by atoms with van der Waals surface area (Å²) in [5.74, 6) is 0.932. The first-order chi connectivity index (χ1) is 14.0. The van der Waals surface area contributed by atoms with E-state index in [2.05, 4.69) is 18.2 Å². The molecule has 0 saturated heterocycles. The molecule has 0 spiro atoms. The van der Waals surface area contributed by atoms with Gasteiger partial charge >= 0.3 is 0 Å². The van der Waals surface area contributed by atoms with E-state index in [4.69, 9.17) is 4.74 Å². The average molecular weight is 403 g/mol. The fourth-order valence-corrected chi connectivity index (χ4v) is 5.69. The maximum Gasteiger partial charge on any atom is 0.202 e. The van der Waals surface area contributed by atoms with E-state index in [9.17, 15) is 8.42 Å². The van der Waals surface area contributed by atoms with Crippen LogP contribution in [0, 0.1) is 12.8 Å². The Morgan fingerprint density at radius 2 is 1.76 bits per heavy atom. The van der Waals surface area contributed by atoms with Gasteiger partial charge in [-0.15, -0.1) is 0 Å². The van der Waals surface area contributed by atoms with E-state index in [-0.39, 0.29) is 5.92 Å². The zero-order valence-electron chi connectivity index (χ0n) is 16.3. The highest BCUT2D eigenvalue weighted by Crippen LogP contribution is 2.39. The molecular weight excluding hydrogens is 380 g/mol. The largest absolute Gasteiger partial charge is 0.489 e. The van der Waals surface area contributed by atoms with E-state index in [1.807, 2.05) is 49.4 Å². The number of benzene rings is 3. The topological polar surface area (TPSA) is 43.4 Å². The normalized spacial score (nSPS) is 18.7. The molecule has 5 rings (SSSR count). The van der Waals surface area contributed by atoms with Crippen LogP contribution in [0.3, 0.4) is 0 Å². The van der Waals surface area contributed by atoms with Gasteiger partial charge in [0.25, 0.3) is 0 Å². The van der Waals surface area contributed by atoms with Crippen molar-refractivity contribution in [2.24, 2.45) is 5.92 Å². The Hall–Kier alpha value is -2.85. The van der Waals surface area contributed by atoms with Gasteiger partial charge in [0.05, 0.1) is 4.90 Å². The Bertz CT molecular complexity index is 1270. The van der Waals surface area contributed by atoms with Gasteiger partial charge in [0.15, 0.2) is 0 Å². The number of allylic oxidation sites excluding steroid dienone is 3. The molecule has 29 heavy (non-hydrogen) atoms. The maximum atomic E-state index is 13.2. The number of aryl methyl sites for hydroxylation is 1. The molecule has 3 aromatic rings. The van der Waals surface area contributed by atoms with Gasteiger partial charge in [-0.25, -0.2) is 8.42 Å². The standard InChI is InChI=1S/C25H22O3S/c1-17-6-10-21(11-7-17)29(26,27)22-12-8-19-16-28-25-13-9-18-4-2-3-5-23(18)24(25)15-20(19)14-22/h2-11,13-14,20H,12,15-16H2,1H3.